The van der Waals surface area contributed by atoms with E-state index in [-0.39, 0.29) is 5.75 Å². The molecule has 18 heavy (non-hydrogen) atoms. The molecule has 0 bridgehead atoms. The first-order chi connectivity index (χ1) is 8.58. The molecule has 1 heterocycles. The van der Waals surface area contributed by atoms with Crippen molar-refractivity contribution in [3.63, 3.8) is 0 Å². The van der Waals surface area contributed by atoms with E-state index in [1.165, 1.54) is 6.20 Å². The van der Waals surface area contributed by atoms with E-state index in [0.29, 0.717) is 20.6 Å². The number of nitrogens with zero attached hydrogens (tertiary/aromatic N) is 1. The molecule has 0 spiro atoms. The highest BCUT2D eigenvalue weighted by atomic mass is 35.5. The van der Waals surface area contributed by atoms with Crippen LogP contribution in [0.15, 0.2) is 41.6 Å². The summed E-state index contributed by atoms with van der Waals surface area (Å²) in [6.45, 7) is 0. The van der Waals surface area contributed by atoms with Crippen LogP contribution in [-0.2, 0) is 16.6 Å². The highest BCUT2D eigenvalue weighted by Crippen LogP contribution is 2.25. The first-order valence-corrected chi connectivity index (χ1v) is 7.17. The van der Waals surface area contributed by atoms with Gasteiger partial charge in [0.15, 0.2) is 0 Å². The maximum Gasteiger partial charge on any atom is 0.0630 e. The van der Waals surface area contributed by atoms with Gasteiger partial charge in [-0.25, -0.2) is 0 Å². The normalized spacial score (nSPS) is 12.3. The van der Waals surface area contributed by atoms with Gasteiger partial charge in [-0.3, -0.25) is 9.19 Å². The number of hydrogen-bond acceptors (Lipinski definition) is 3. The molecule has 0 aliphatic heterocycles. The van der Waals surface area contributed by atoms with E-state index >= 15 is 0 Å². The number of pyridine rings is 1. The quantitative estimate of drug-likeness (QED) is 0.885. The Morgan fingerprint density at radius 1 is 1.22 bits per heavy atom. The molecule has 1 unspecified atom stereocenters. The fraction of sp³-hybridized carbons (Fsp3) is 0.0833. The van der Waals surface area contributed by atoms with Crippen LogP contribution in [0.2, 0.25) is 10.0 Å². The van der Waals surface area contributed by atoms with Gasteiger partial charge in [-0.2, -0.15) is 0 Å². The highest BCUT2D eigenvalue weighted by Gasteiger charge is 2.11. The maximum atomic E-state index is 12.2. The molecule has 94 valence electrons. The van der Waals surface area contributed by atoms with Gasteiger partial charge in [0.05, 0.1) is 31.5 Å². The lowest BCUT2D eigenvalue weighted by atomic mass is 10.3. The third-order valence-electron chi connectivity index (χ3n) is 2.34. The van der Waals surface area contributed by atoms with Gasteiger partial charge in [0.2, 0.25) is 0 Å². The minimum absolute atomic E-state index is 0.282. The van der Waals surface area contributed by atoms with Crippen molar-refractivity contribution >= 4 is 39.7 Å². The predicted octanol–water partition coefficient (Wildman–Crippen LogP) is 3.28. The van der Waals surface area contributed by atoms with Crippen molar-refractivity contribution in [2.24, 2.45) is 0 Å². The van der Waals surface area contributed by atoms with Gasteiger partial charge in [0, 0.05) is 18.1 Å². The van der Waals surface area contributed by atoms with Crippen LogP contribution in [0, 0.1) is 0 Å². The molecule has 0 aliphatic rings. The monoisotopic (exact) mass is 300 g/mol. The lowest BCUT2D eigenvalue weighted by molar-refractivity contribution is 0.682. The average molecular weight is 301 g/mol. The number of rotatable bonds is 3. The second kappa shape index (κ2) is 5.69. The second-order valence-electron chi connectivity index (χ2n) is 3.65. The third-order valence-corrected chi connectivity index (χ3v) is 4.53. The van der Waals surface area contributed by atoms with Crippen LogP contribution in [0.3, 0.4) is 0 Å². The van der Waals surface area contributed by atoms with E-state index in [1.54, 1.807) is 30.5 Å². The zero-order valence-corrected chi connectivity index (χ0v) is 11.6. The molecule has 0 radical (unpaired) electrons. The van der Waals surface area contributed by atoms with E-state index in [9.17, 15) is 4.21 Å². The topological polar surface area (TPSA) is 56.0 Å². The van der Waals surface area contributed by atoms with Gasteiger partial charge in [0.25, 0.3) is 0 Å². The summed E-state index contributed by atoms with van der Waals surface area (Å²) < 4.78 is 12.2. The van der Waals surface area contributed by atoms with Crippen LogP contribution in [0.5, 0.6) is 0 Å². The molecule has 0 saturated heterocycles. The highest BCUT2D eigenvalue weighted by molar-refractivity contribution is 7.84. The Morgan fingerprint density at radius 3 is 2.72 bits per heavy atom. The summed E-state index contributed by atoms with van der Waals surface area (Å²) in [5, 5.41) is 0.929. The van der Waals surface area contributed by atoms with Crippen LogP contribution in [0.25, 0.3) is 0 Å². The molecule has 1 atom stereocenters. The van der Waals surface area contributed by atoms with Crippen molar-refractivity contribution < 1.29 is 4.21 Å². The first kappa shape index (κ1) is 13.3. The Bertz CT molecular complexity index is 604. The maximum absolute atomic E-state index is 12.2. The van der Waals surface area contributed by atoms with Crippen molar-refractivity contribution in [1.82, 2.24) is 4.98 Å². The van der Waals surface area contributed by atoms with Gasteiger partial charge in [-0.05, 0) is 29.8 Å². The molecule has 1 aromatic carbocycles. The third kappa shape index (κ3) is 3.02. The molecule has 3 nitrogen and oxygen atoms in total. The number of aromatic nitrogens is 1. The summed E-state index contributed by atoms with van der Waals surface area (Å²) in [5.74, 6) is 0.282. The van der Waals surface area contributed by atoms with Crippen molar-refractivity contribution in [3.8, 4) is 0 Å². The molecule has 0 saturated carbocycles. The number of anilines is 1. The van der Waals surface area contributed by atoms with Gasteiger partial charge in [0.1, 0.15) is 0 Å². The van der Waals surface area contributed by atoms with Crippen molar-refractivity contribution in [3.05, 3.63) is 52.3 Å². The number of benzene rings is 1. The smallest absolute Gasteiger partial charge is 0.0630 e. The minimum Gasteiger partial charge on any atom is -0.399 e. The van der Waals surface area contributed by atoms with Crippen molar-refractivity contribution in [2.75, 3.05) is 5.73 Å². The summed E-state index contributed by atoms with van der Waals surface area (Å²) in [5.41, 5.74) is 6.96. The fourth-order valence-electron chi connectivity index (χ4n) is 1.43. The van der Waals surface area contributed by atoms with E-state index in [4.69, 9.17) is 28.9 Å². The van der Waals surface area contributed by atoms with Crippen LogP contribution < -0.4 is 5.73 Å². The summed E-state index contributed by atoms with van der Waals surface area (Å²) in [6, 6.07) is 6.66. The van der Waals surface area contributed by atoms with E-state index in [0.717, 1.165) is 5.56 Å². The Labute approximate surface area is 117 Å². The first-order valence-electron chi connectivity index (χ1n) is 5.09. The molecule has 0 amide bonds. The molecule has 2 rings (SSSR count). The Morgan fingerprint density at radius 2 is 2.00 bits per heavy atom. The average Bonchev–Trinajstić information content (AvgIpc) is 2.35. The van der Waals surface area contributed by atoms with Gasteiger partial charge < -0.3 is 5.73 Å². The van der Waals surface area contributed by atoms with Crippen LogP contribution in [0.4, 0.5) is 5.69 Å². The van der Waals surface area contributed by atoms with Crippen LogP contribution in [0.1, 0.15) is 5.56 Å². The van der Waals surface area contributed by atoms with Crippen LogP contribution >= 0.6 is 23.2 Å². The van der Waals surface area contributed by atoms with Crippen molar-refractivity contribution in [1.29, 1.82) is 0 Å². The Hall–Kier alpha value is -1.10. The molecule has 2 N–H and O–H groups in total. The number of nitrogen functional groups attached to an aromatic ring is 1. The zero-order valence-electron chi connectivity index (χ0n) is 9.27. The number of nitrogens with two attached hydrogens (primary N) is 1. The van der Waals surface area contributed by atoms with Crippen LogP contribution in [-0.4, -0.2) is 9.19 Å². The van der Waals surface area contributed by atoms with Gasteiger partial charge in [-0.15, -0.1) is 0 Å². The van der Waals surface area contributed by atoms with Crippen molar-refractivity contribution in [2.45, 2.75) is 10.6 Å². The second-order valence-corrected chi connectivity index (χ2v) is 5.88. The summed E-state index contributed by atoms with van der Waals surface area (Å²) in [6.07, 6.45) is 3.13. The zero-order chi connectivity index (χ0) is 13.1. The molecule has 1 aromatic heterocycles. The summed E-state index contributed by atoms with van der Waals surface area (Å²) in [7, 11) is -1.29. The molecule has 2 aromatic rings. The minimum atomic E-state index is -1.29. The molecule has 6 heteroatoms. The molecular formula is C12H10Cl2N2OS. The Balaban J connectivity index is 2.28. The predicted molar refractivity (Wildman–Crippen MR) is 75.2 cm³/mol. The lowest BCUT2D eigenvalue weighted by Crippen LogP contribution is -1.99. The molecule has 0 fully saturated rings. The lowest BCUT2D eigenvalue weighted by Gasteiger charge is -2.07. The number of hydrogen-bond donors (Lipinski definition) is 1. The standard InChI is InChI=1S/C12H10Cl2N2OS/c13-10-2-1-9(15)5-12(10)18(17)7-8-3-4-16-6-11(8)14/h1-6H,7,15H2. The Kier molecular flexibility index (Phi) is 4.22. The van der Waals surface area contributed by atoms with Gasteiger partial charge >= 0.3 is 0 Å². The largest absolute Gasteiger partial charge is 0.399 e. The fourth-order valence-corrected chi connectivity index (χ4v) is 3.32. The van der Waals surface area contributed by atoms with E-state index in [2.05, 4.69) is 4.98 Å². The number of halogens is 2. The summed E-state index contributed by atoms with van der Waals surface area (Å²) in [4.78, 5) is 4.40. The van der Waals surface area contributed by atoms with Gasteiger partial charge in [-0.1, -0.05) is 23.2 Å². The summed E-state index contributed by atoms with van der Waals surface area (Å²) >= 11 is 12.0. The SMILES string of the molecule is Nc1ccc(Cl)c(S(=O)Cc2ccncc2Cl)c1. The van der Waals surface area contributed by atoms with E-state index < -0.39 is 10.8 Å². The molecular weight excluding hydrogens is 291 g/mol. The van der Waals surface area contributed by atoms with E-state index in [1.807, 2.05) is 0 Å². The molecule has 0 aliphatic carbocycles.